The van der Waals surface area contributed by atoms with Crippen molar-refractivity contribution in [3.05, 3.63) is 42.9 Å². The average molecular weight is 361 g/mol. The van der Waals surface area contributed by atoms with E-state index in [1.807, 2.05) is 0 Å². The molecule has 0 amide bonds. The van der Waals surface area contributed by atoms with Crippen molar-refractivity contribution in [3.63, 3.8) is 0 Å². The Morgan fingerprint density at radius 2 is 2.30 bits per heavy atom. The van der Waals surface area contributed by atoms with Crippen molar-refractivity contribution in [1.29, 1.82) is 0 Å². The molecule has 0 fully saturated rings. The average Bonchev–Trinajstić information content (AvgIpc) is 2.79. The number of methoxy groups -OCH3 is 1. The molecule has 0 atom stereocenters. The summed E-state index contributed by atoms with van der Waals surface area (Å²) in [4.78, 5) is 25.3. The molecule has 0 bridgehead atoms. The van der Waals surface area contributed by atoms with E-state index in [2.05, 4.69) is 25.7 Å². The van der Waals surface area contributed by atoms with Gasteiger partial charge in [0.15, 0.2) is 11.5 Å². The number of rotatable bonds is 3. The van der Waals surface area contributed by atoms with Crippen LogP contribution in [0.1, 0.15) is 9.67 Å². The highest BCUT2D eigenvalue weighted by molar-refractivity contribution is 9.10. The number of hydrogen-bond acceptors (Lipinski definition) is 6. The fraction of sp³-hybridized carbons (Fsp3) is 0.0909. The number of aromatic nitrogens is 1. The summed E-state index contributed by atoms with van der Waals surface area (Å²) in [6.07, 6.45) is 1.32. The topological polar surface area (TPSA) is 82.3 Å². The van der Waals surface area contributed by atoms with Crippen LogP contribution in [0.2, 0.25) is 0 Å². The summed E-state index contributed by atoms with van der Waals surface area (Å²) in [6.45, 7) is 0. The quantitative estimate of drug-likeness (QED) is 0.475. The second-order valence-corrected chi connectivity index (χ2v) is 5.36. The van der Waals surface area contributed by atoms with Crippen LogP contribution >= 0.6 is 27.3 Å². The Hall–Kier alpha value is -1.87. The number of hydrogen-bond donors (Lipinski definition) is 0. The first-order chi connectivity index (χ1) is 9.45. The van der Waals surface area contributed by atoms with Crippen molar-refractivity contribution < 1.29 is 18.8 Å². The summed E-state index contributed by atoms with van der Waals surface area (Å²) in [5.41, 5.74) is -0.593. The van der Waals surface area contributed by atoms with Gasteiger partial charge in [-0.2, -0.15) is 0 Å². The van der Waals surface area contributed by atoms with Gasteiger partial charge in [0.1, 0.15) is 4.88 Å². The van der Waals surface area contributed by atoms with Crippen LogP contribution in [-0.2, 0) is 4.74 Å². The number of thiophene rings is 1. The van der Waals surface area contributed by atoms with Crippen LogP contribution in [0, 0.1) is 15.9 Å². The van der Waals surface area contributed by atoms with Crippen molar-refractivity contribution >= 4 is 38.9 Å². The fourth-order valence-electron chi connectivity index (χ4n) is 1.51. The first-order valence-electron chi connectivity index (χ1n) is 5.11. The van der Waals surface area contributed by atoms with Crippen molar-refractivity contribution in [2.24, 2.45) is 0 Å². The molecule has 2 heterocycles. The normalized spacial score (nSPS) is 10.3. The van der Waals surface area contributed by atoms with Gasteiger partial charge in [-0.3, -0.25) is 10.1 Å². The Morgan fingerprint density at radius 3 is 2.90 bits per heavy atom. The molecule has 0 aliphatic heterocycles. The predicted molar refractivity (Wildman–Crippen MR) is 73.2 cm³/mol. The number of carbonyl (C=O) groups excluding carboxylic acids is 1. The first-order valence-corrected chi connectivity index (χ1v) is 6.78. The molecule has 104 valence electrons. The van der Waals surface area contributed by atoms with Gasteiger partial charge in [0.2, 0.25) is 0 Å². The molecule has 0 radical (unpaired) electrons. The maximum absolute atomic E-state index is 14.1. The maximum atomic E-state index is 14.1. The largest absolute Gasteiger partial charge is 0.465 e. The molecule has 0 saturated heterocycles. The van der Waals surface area contributed by atoms with E-state index < -0.39 is 16.7 Å². The van der Waals surface area contributed by atoms with E-state index in [-0.39, 0.29) is 21.8 Å². The Labute approximate surface area is 124 Å². The zero-order valence-electron chi connectivity index (χ0n) is 9.92. The van der Waals surface area contributed by atoms with Gasteiger partial charge in [-0.05, 0) is 15.9 Å². The number of carbonyl (C=O) groups is 1. The molecular weight excluding hydrogens is 355 g/mol. The van der Waals surface area contributed by atoms with Gasteiger partial charge < -0.3 is 4.74 Å². The molecule has 2 aromatic rings. The van der Waals surface area contributed by atoms with Gasteiger partial charge >= 0.3 is 5.97 Å². The van der Waals surface area contributed by atoms with Crippen LogP contribution in [0.5, 0.6) is 0 Å². The van der Waals surface area contributed by atoms with Gasteiger partial charge in [0.25, 0.3) is 5.69 Å². The van der Waals surface area contributed by atoms with Crippen molar-refractivity contribution in [2.45, 2.75) is 0 Å². The van der Waals surface area contributed by atoms with E-state index in [0.29, 0.717) is 4.47 Å². The zero-order chi connectivity index (χ0) is 14.9. The van der Waals surface area contributed by atoms with E-state index in [1.165, 1.54) is 17.6 Å². The highest BCUT2D eigenvalue weighted by Crippen LogP contribution is 2.35. The van der Waals surface area contributed by atoms with E-state index in [0.717, 1.165) is 18.4 Å². The summed E-state index contributed by atoms with van der Waals surface area (Å²) in [7, 11) is 1.13. The number of ether oxygens (including phenoxy) is 1. The first kappa shape index (κ1) is 14.5. The van der Waals surface area contributed by atoms with Gasteiger partial charge in [-0.15, -0.1) is 11.3 Å². The zero-order valence-corrected chi connectivity index (χ0v) is 12.3. The van der Waals surface area contributed by atoms with E-state index in [4.69, 9.17) is 0 Å². The Bertz CT molecular complexity index is 704. The van der Waals surface area contributed by atoms with Crippen LogP contribution in [0.3, 0.4) is 0 Å². The molecule has 0 unspecified atom stereocenters. The SMILES string of the molecule is COC(=O)c1scc(-c2ncc(Br)cc2[N+](=O)[O-])c1F. The summed E-state index contributed by atoms with van der Waals surface area (Å²) < 4.78 is 19.0. The monoisotopic (exact) mass is 360 g/mol. The smallest absolute Gasteiger partial charge is 0.351 e. The second kappa shape index (κ2) is 5.63. The lowest BCUT2D eigenvalue weighted by molar-refractivity contribution is -0.384. The van der Waals surface area contributed by atoms with Crippen molar-refractivity contribution in [3.8, 4) is 11.3 Å². The third-order valence-corrected chi connectivity index (χ3v) is 3.76. The van der Waals surface area contributed by atoms with E-state index in [1.54, 1.807) is 0 Å². The molecule has 2 aromatic heterocycles. The van der Waals surface area contributed by atoms with Gasteiger partial charge in [-0.1, -0.05) is 0 Å². The third-order valence-electron chi connectivity index (χ3n) is 2.39. The molecule has 0 aromatic carbocycles. The molecular formula is C11H6BrFN2O4S. The lowest BCUT2D eigenvalue weighted by Gasteiger charge is -2.01. The number of nitrogens with zero attached hydrogens (tertiary/aromatic N) is 2. The lowest BCUT2D eigenvalue weighted by atomic mass is 10.1. The van der Waals surface area contributed by atoms with E-state index in [9.17, 15) is 19.3 Å². The number of halogens is 2. The van der Waals surface area contributed by atoms with Gasteiger partial charge in [0.05, 0.1) is 17.6 Å². The van der Waals surface area contributed by atoms with Gasteiger partial charge in [-0.25, -0.2) is 14.2 Å². The van der Waals surface area contributed by atoms with Crippen LogP contribution in [-0.4, -0.2) is 23.0 Å². The molecule has 0 spiro atoms. The summed E-state index contributed by atoms with van der Waals surface area (Å²) in [6, 6.07) is 1.22. The molecule has 6 nitrogen and oxygen atoms in total. The second-order valence-electron chi connectivity index (χ2n) is 3.56. The highest BCUT2D eigenvalue weighted by atomic mass is 79.9. The molecule has 0 aliphatic carbocycles. The number of nitro groups is 1. The molecule has 0 aliphatic rings. The minimum absolute atomic E-state index is 0.102. The van der Waals surface area contributed by atoms with Gasteiger partial charge in [0, 0.05) is 22.1 Å². The molecule has 9 heteroatoms. The molecule has 2 rings (SSSR count). The number of pyridine rings is 1. The summed E-state index contributed by atoms with van der Waals surface area (Å²) in [5.74, 6) is -1.71. The molecule has 20 heavy (non-hydrogen) atoms. The Morgan fingerprint density at radius 1 is 1.60 bits per heavy atom. The van der Waals surface area contributed by atoms with Crippen LogP contribution in [0.15, 0.2) is 22.1 Å². The third kappa shape index (κ3) is 2.54. The summed E-state index contributed by atoms with van der Waals surface area (Å²) >= 11 is 3.87. The molecule has 0 saturated carbocycles. The van der Waals surface area contributed by atoms with Crippen LogP contribution in [0.4, 0.5) is 10.1 Å². The molecule has 0 N–H and O–H groups in total. The standard InChI is InChI=1S/C11H6BrFN2O4S/c1-19-11(16)10-8(13)6(4-20-10)9-7(15(17)18)2-5(12)3-14-9/h2-4H,1H3. The Balaban J connectivity index is 2.61. The maximum Gasteiger partial charge on any atom is 0.351 e. The predicted octanol–water partition coefficient (Wildman–Crippen LogP) is 3.41. The summed E-state index contributed by atoms with van der Waals surface area (Å²) in [5, 5.41) is 12.3. The van der Waals surface area contributed by atoms with Crippen LogP contribution in [0.25, 0.3) is 11.3 Å². The number of esters is 1. The van der Waals surface area contributed by atoms with E-state index >= 15 is 0 Å². The minimum Gasteiger partial charge on any atom is -0.465 e. The van der Waals surface area contributed by atoms with Crippen molar-refractivity contribution in [2.75, 3.05) is 7.11 Å². The minimum atomic E-state index is -0.875. The fourth-order valence-corrected chi connectivity index (χ4v) is 2.67. The lowest BCUT2D eigenvalue weighted by Crippen LogP contribution is -2.01. The van der Waals surface area contributed by atoms with Crippen molar-refractivity contribution in [1.82, 2.24) is 4.98 Å². The highest BCUT2D eigenvalue weighted by Gasteiger charge is 2.26. The van der Waals surface area contributed by atoms with Crippen LogP contribution < -0.4 is 0 Å². The Kier molecular flexibility index (Phi) is 4.09.